The van der Waals surface area contributed by atoms with Gasteiger partial charge in [-0.2, -0.15) is 0 Å². The van der Waals surface area contributed by atoms with Crippen molar-refractivity contribution in [2.45, 2.75) is 277 Å². The number of carbonyl (C=O) groups is 2. The SMILES string of the molecule is CCCCCCCCCCCCCCCCCC(O)C(CO)NC(=O)CC(CCCCCCCCCCC)OC(=O)CCCCCCCCCCC. The molecule has 6 heteroatoms. The van der Waals surface area contributed by atoms with E-state index in [1.165, 1.54) is 167 Å². The Morgan fingerprint density at radius 3 is 1.17 bits per heavy atom. The molecule has 0 aliphatic heterocycles. The van der Waals surface area contributed by atoms with Crippen LogP contribution < -0.4 is 5.32 Å². The number of ether oxygens (including phenoxy) is 1. The second-order valence-corrected chi connectivity index (χ2v) is 16.2. The summed E-state index contributed by atoms with van der Waals surface area (Å²) >= 11 is 0. The summed E-state index contributed by atoms with van der Waals surface area (Å²) in [6.07, 6.45) is 41.6. The summed E-state index contributed by atoms with van der Waals surface area (Å²) in [5, 5.41) is 23.6. The Bertz CT molecular complexity index is 746. The first kappa shape index (κ1) is 50.9. The second-order valence-electron chi connectivity index (χ2n) is 16.2. The number of hydrogen-bond donors (Lipinski definition) is 3. The van der Waals surface area contributed by atoms with E-state index in [9.17, 15) is 19.8 Å². The minimum Gasteiger partial charge on any atom is -0.462 e. The second kappa shape index (κ2) is 41.0. The standard InChI is InChI=1S/C46H91NO5/c1-4-7-10-13-16-19-20-21-22-23-24-27-29-32-35-38-44(49)43(41-48)47-45(50)40-42(37-34-31-28-25-17-14-11-8-5-2)52-46(51)39-36-33-30-26-18-15-12-9-6-3/h42-44,48-49H,4-41H2,1-3H3,(H,47,50). The van der Waals surface area contributed by atoms with Crippen molar-refractivity contribution in [3.05, 3.63) is 0 Å². The molecule has 0 aliphatic carbocycles. The van der Waals surface area contributed by atoms with Crippen LogP contribution in [-0.4, -0.2) is 46.9 Å². The van der Waals surface area contributed by atoms with Crippen molar-refractivity contribution < 1.29 is 24.5 Å². The van der Waals surface area contributed by atoms with Crippen LogP contribution in [-0.2, 0) is 14.3 Å². The van der Waals surface area contributed by atoms with Crippen molar-refractivity contribution in [3.63, 3.8) is 0 Å². The fourth-order valence-electron chi connectivity index (χ4n) is 7.37. The first-order valence-corrected chi connectivity index (χ1v) is 23.3. The van der Waals surface area contributed by atoms with Crippen LogP contribution in [0, 0.1) is 0 Å². The molecule has 3 atom stereocenters. The number of aliphatic hydroxyl groups excluding tert-OH is 2. The van der Waals surface area contributed by atoms with E-state index in [0.717, 1.165) is 44.9 Å². The van der Waals surface area contributed by atoms with Crippen LogP contribution in [0.1, 0.15) is 258 Å². The summed E-state index contributed by atoms with van der Waals surface area (Å²) in [7, 11) is 0. The molecule has 0 bridgehead atoms. The fraction of sp³-hybridized carbons (Fsp3) is 0.957. The predicted molar refractivity (Wildman–Crippen MR) is 223 cm³/mol. The zero-order valence-corrected chi connectivity index (χ0v) is 35.2. The molecule has 0 saturated carbocycles. The summed E-state index contributed by atoms with van der Waals surface area (Å²) in [5.41, 5.74) is 0. The molecule has 0 rings (SSSR count). The zero-order valence-electron chi connectivity index (χ0n) is 35.2. The van der Waals surface area contributed by atoms with E-state index in [1.807, 2.05) is 0 Å². The third-order valence-electron chi connectivity index (χ3n) is 10.9. The van der Waals surface area contributed by atoms with Crippen molar-refractivity contribution >= 4 is 11.9 Å². The van der Waals surface area contributed by atoms with Crippen molar-refractivity contribution in [3.8, 4) is 0 Å². The number of hydrogen-bond acceptors (Lipinski definition) is 5. The van der Waals surface area contributed by atoms with Crippen molar-refractivity contribution in [1.82, 2.24) is 5.32 Å². The van der Waals surface area contributed by atoms with E-state index in [1.54, 1.807) is 0 Å². The first-order chi connectivity index (χ1) is 25.5. The molecule has 0 aromatic carbocycles. The molecule has 0 aromatic heterocycles. The summed E-state index contributed by atoms with van der Waals surface area (Å²) < 4.78 is 5.88. The predicted octanol–water partition coefficient (Wildman–Crippen LogP) is 13.2. The van der Waals surface area contributed by atoms with Crippen molar-refractivity contribution in [2.24, 2.45) is 0 Å². The van der Waals surface area contributed by atoms with Gasteiger partial charge in [-0.15, -0.1) is 0 Å². The monoisotopic (exact) mass is 738 g/mol. The Hall–Kier alpha value is -1.14. The van der Waals surface area contributed by atoms with E-state index in [0.29, 0.717) is 19.3 Å². The molecule has 0 aliphatic rings. The molecule has 52 heavy (non-hydrogen) atoms. The highest BCUT2D eigenvalue weighted by Gasteiger charge is 2.24. The number of nitrogens with one attached hydrogen (secondary N) is 1. The topological polar surface area (TPSA) is 95.9 Å². The van der Waals surface area contributed by atoms with Gasteiger partial charge in [-0.1, -0.05) is 220 Å². The lowest BCUT2D eigenvalue weighted by atomic mass is 10.0. The minimum absolute atomic E-state index is 0.0860. The summed E-state index contributed by atoms with van der Waals surface area (Å²) in [4.78, 5) is 25.9. The smallest absolute Gasteiger partial charge is 0.306 e. The number of aliphatic hydroxyl groups is 2. The first-order valence-electron chi connectivity index (χ1n) is 23.3. The third-order valence-corrected chi connectivity index (χ3v) is 10.9. The highest BCUT2D eigenvalue weighted by Crippen LogP contribution is 2.18. The molecule has 0 fully saturated rings. The average molecular weight is 738 g/mol. The van der Waals surface area contributed by atoms with Crippen LogP contribution in [0.5, 0.6) is 0 Å². The van der Waals surface area contributed by atoms with E-state index in [2.05, 4.69) is 26.1 Å². The van der Waals surface area contributed by atoms with Gasteiger partial charge in [0, 0.05) is 6.42 Å². The number of unbranched alkanes of at least 4 members (excludes halogenated alkanes) is 30. The Labute approximate surface area is 324 Å². The van der Waals surface area contributed by atoms with Gasteiger partial charge in [-0.3, -0.25) is 9.59 Å². The van der Waals surface area contributed by atoms with Crippen LogP contribution >= 0.6 is 0 Å². The van der Waals surface area contributed by atoms with Crippen molar-refractivity contribution in [1.29, 1.82) is 0 Å². The number of carbonyl (C=O) groups excluding carboxylic acids is 2. The number of esters is 1. The summed E-state index contributed by atoms with van der Waals surface area (Å²) in [6.45, 7) is 6.46. The molecule has 6 nitrogen and oxygen atoms in total. The maximum absolute atomic E-state index is 13.1. The molecule has 310 valence electrons. The number of rotatable bonds is 42. The molecule has 0 aromatic rings. The Kier molecular flexibility index (Phi) is 40.1. The summed E-state index contributed by atoms with van der Waals surface area (Å²) in [6, 6.07) is -0.690. The maximum atomic E-state index is 13.1. The molecular formula is C46H91NO5. The zero-order chi connectivity index (χ0) is 38.2. The van der Waals surface area contributed by atoms with E-state index < -0.39 is 18.2 Å². The Morgan fingerprint density at radius 1 is 0.481 bits per heavy atom. The number of amides is 1. The van der Waals surface area contributed by atoms with Crippen LogP contribution in [0.2, 0.25) is 0 Å². The van der Waals surface area contributed by atoms with Crippen LogP contribution in [0.4, 0.5) is 0 Å². The van der Waals surface area contributed by atoms with E-state index >= 15 is 0 Å². The quantitative estimate of drug-likeness (QED) is 0.0428. The van der Waals surface area contributed by atoms with E-state index in [4.69, 9.17) is 4.74 Å². The molecule has 0 spiro atoms. The van der Waals surface area contributed by atoms with Crippen LogP contribution in [0.25, 0.3) is 0 Å². The van der Waals surface area contributed by atoms with Gasteiger partial charge in [-0.25, -0.2) is 0 Å². The molecule has 0 saturated heterocycles. The highest BCUT2D eigenvalue weighted by molar-refractivity contribution is 5.77. The highest BCUT2D eigenvalue weighted by atomic mass is 16.5. The van der Waals surface area contributed by atoms with Gasteiger partial charge in [0.1, 0.15) is 6.10 Å². The van der Waals surface area contributed by atoms with Gasteiger partial charge in [0.25, 0.3) is 0 Å². The lowest BCUT2D eigenvalue weighted by molar-refractivity contribution is -0.151. The van der Waals surface area contributed by atoms with Crippen molar-refractivity contribution in [2.75, 3.05) is 6.61 Å². The minimum atomic E-state index is -0.777. The van der Waals surface area contributed by atoms with Gasteiger partial charge in [0.2, 0.25) is 5.91 Å². The van der Waals surface area contributed by atoms with Gasteiger partial charge >= 0.3 is 5.97 Å². The molecular weight excluding hydrogens is 647 g/mol. The fourth-order valence-corrected chi connectivity index (χ4v) is 7.37. The van der Waals surface area contributed by atoms with Crippen LogP contribution in [0.15, 0.2) is 0 Å². The third kappa shape index (κ3) is 35.9. The van der Waals surface area contributed by atoms with Gasteiger partial charge in [-0.05, 0) is 25.7 Å². The summed E-state index contributed by atoms with van der Waals surface area (Å²) in [5.74, 6) is -0.463. The average Bonchev–Trinajstić information content (AvgIpc) is 3.13. The van der Waals surface area contributed by atoms with Gasteiger partial charge in [0.05, 0.1) is 25.2 Å². The van der Waals surface area contributed by atoms with E-state index in [-0.39, 0.29) is 24.9 Å². The van der Waals surface area contributed by atoms with Gasteiger partial charge < -0.3 is 20.3 Å². The van der Waals surface area contributed by atoms with Crippen LogP contribution in [0.3, 0.4) is 0 Å². The normalized spacial score (nSPS) is 13.2. The largest absolute Gasteiger partial charge is 0.462 e. The Balaban J connectivity index is 4.41. The molecule has 0 heterocycles. The molecule has 0 radical (unpaired) electrons. The van der Waals surface area contributed by atoms with Gasteiger partial charge in [0.15, 0.2) is 0 Å². The Morgan fingerprint density at radius 2 is 0.808 bits per heavy atom. The molecule has 3 N–H and O–H groups in total. The lowest BCUT2D eigenvalue weighted by Crippen LogP contribution is -2.46. The molecule has 3 unspecified atom stereocenters. The lowest BCUT2D eigenvalue weighted by Gasteiger charge is -2.24. The maximum Gasteiger partial charge on any atom is 0.306 e. The molecule has 1 amide bonds.